The van der Waals surface area contributed by atoms with Crippen LogP contribution in [0.4, 0.5) is 11.5 Å². The fourth-order valence-electron chi connectivity index (χ4n) is 2.48. The Morgan fingerprint density at radius 3 is 2.83 bits per heavy atom. The molecule has 1 atom stereocenters. The molecule has 0 bridgehead atoms. The van der Waals surface area contributed by atoms with Crippen molar-refractivity contribution in [3.63, 3.8) is 0 Å². The molecule has 1 aliphatic rings. The van der Waals surface area contributed by atoms with E-state index in [1.807, 2.05) is 0 Å². The second-order valence-electron chi connectivity index (χ2n) is 5.52. The van der Waals surface area contributed by atoms with E-state index in [0.29, 0.717) is 17.1 Å². The molecule has 3 N–H and O–H groups in total. The molecule has 2 heterocycles. The van der Waals surface area contributed by atoms with E-state index in [-0.39, 0.29) is 30.6 Å². The average molecular weight is 327 g/mol. The van der Waals surface area contributed by atoms with Gasteiger partial charge in [-0.15, -0.1) is 0 Å². The molecule has 1 aromatic heterocycles. The van der Waals surface area contributed by atoms with E-state index in [4.69, 9.17) is 0 Å². The van der Waals surface area contributed by atoms with Gasteiger partial charge < -0.3 is 16.0 Å². The monoisotopic (exact) mass is 327 g/mol. The number of nitrogens with one attached hydrogen (secondary N) is 3. The fraction of sp³-hybridized carbons (Fsp3) is 0.250. The van der Waals surface area contributed by atoms with Crippen LogP contribution in [-0.4, -0.2) is 33.5 Å². The van der Waals surface area contributed by atoms with Crippen LogP contribution in [0.15, 0.2) is 36.5 Å². The van der Waals surface area contributed by atoms with Gasteiger partial charge in [0.05, 0.1) is 11.3 Å². The van der Waals surface area contributed by atoms with Gasteiger partial charge in [0.1, 0.15) is 6.04 Å². The molecular formula is C16H17N5O3. The van der Waals surface area contributed by atoms with Crippen LogP contribution < -0.4 is 16.0 Å². The zero-order chi connectivity index (χ0) is 17.1. The maximum absolute atomic E-state index is 12.2. The normalized spacial score (nSPS) is 16.6. The molecule has 24 heavy (non-hydrogen) atoms. The number of rotatable bonds is 4. The number of aromatic nitrogens is 2. The number of aryl methyl sites for hydroxylation is 1. The number of carbonyl (C=O) groups excluding carboxylic acids is 3. The van der Waals surface area contributed by atoms with Gasteiger partial charge in [-0.3, -0.25) is 19.1 Å². The van der Waals surface area contributed by atoms with E-state index in [0.717, 1.165) is 0 Å². The lowest BCUT2D eigenvalue weighted by Gasteiger charge is -2.13. The van der Waals surface area contributed by atoms with E-state index in [1.165, 1.54) is 0 Å². The first-order valence-electron chi connectivity index (χ1n) is 7.53. The Balaban J connectivity index is 1.60. The highest BCUT2D eigenvalue weighted by Gasteiger charge is 2.27. The minimum atomic E-state index is -0.764. The molecule has 1 aliphatic heterocycles. The summed E-state index contributed by atoms with van der Waals surface area (Å²) in [5.74, 6) is -0.486. The number of nitrogens with zero attached hydrogens (tertiary/aromatic N) is 2. The summed E-state index contributed by atoms with van der Waals surface area (Å²) in [4.78, 5) is 36.4. The first kappa shape index (κ1) is 15.7. The first-order chi connectivity index (χ1) is 11.5. The molecule has 3 rings (SSSR count). The van der Waals surface area contributed by atoms with E-state index in [2.05, 4.69) is 21.0 Å². The van der Waals surface area contributed by atoms with Crippen molar-refractivity contribution in [2.24, 2.45) is 7.05 Å². The summed E-state index contributed by atoms with van der Waals surface area (Å²) >= 11 is 0. The van der Waals surface area contributed by atoms with E-state index in [9.17, 15) is 14.4 Å². The van der Waals surface area contributed by atoms with Crippen LogP contribution in [-0.2, 0) is 16.6 Å². The molecule has 0 radical (unpaired) electrons. The Morgan fingerprint density at radius 2 is 2.08 bits per heavy atom. The number of benzene rings is 1. The molecule has 2 aromatic rings. The fourth-order valence-corrected chi connectivity index (χ4v) is 2.48. The van der Waals surface area contributed by atoms with Crippen molar-refractivity contribution in [2.75, 3.05) is 10.6 Å². The zero-order valence-corrected chi connectivity index (χ0v) is 13.1. The van der Waals surface area contributed by atoms with Crippen molar-refractivity contribution >= 4 is 29.2 Å². The van der Waals surface area contributed by atoms with Crippen molar-refractivity contribution < 1.29 is 14.4 Å². The molecule has 3 amide bonds. The van der Waals surface area contributed by atoms with Crippen molar-refractivity contribution in [3.8, 4) is 0 Å². The van der Waals surface area contributed by atoms with Gasteiger partial charge in [0.2, 0.25) is 11.8 Å². The van der Waals surface area contributed by atoms with Crippen LogP contribution in [0.5, 0.6) is 0 Å². The van der Waals surface area contributed by atoms with Gasteiger partial charge in [-0.2, -0.15) is 5.10 Å². The Hall–Kier alpha value is -3.16. The van der Waals surface area contributed by atoms with Gasteiger partial charge >= 0.3 is 0 Å². The van der Waals surface area contributed by atoms with E-state index >= 15 is 0 Å². The number of amides is 3. The molecule has 0 aliphatic carbocycles. The van der Waals surface area contributed by atoms with E-state index < -0.39 is 6.04 Å². The van der Waals surface area contributed by atoms with Crippen LogP contribution in [0.25, 0.3) is 0 Å². The summed E-state index contributed by atoms with van der Waals surface area (Å²) in [5, 5.41) is 12.1. The maximum atomic E-state index is 12.2. The van der Waals surface area contributed by atoms with Crippen molar-refractivity contribution in [1.82, 2.24) is 15.1 Å². The predicted molar refractivity (Wildman–Crippen MR) is 87.4 cm³/mol. The van der Waals surface area contributed by atoms with E-state index in [1.54, 1.807) is 48.3 Å². The third-order valence-electron chi connectivity index (χ3n) is 3.69. The average Bonchev–Trinajstić information content (AvgIpc) is 2.91. The topological polar surface area (TPSA) is 105 Å². The van der Waals surface area contributed by atoms with Crippen LogP contribution in [0.2, 0.25) is 0 Å². The smallest absolute Gasteiger partial charge is 0.254 e. The van der Waals surface area contributed by atoms with Gasteiger partial charge in [0, 0.05) is 25.7 Å². The minimum absolute atomic E-state index is 0.0886. The molecular weight excluding hydrogens is 310 g/mol. The number of fused-ring (bicyclic) bond motifs is 1. The van der Waals surface area contributed by atoms with Crippen molar-refractivity contribution in [2.45, 2.75) is 18.9 Å². The quantitative estimate of drug-likeness (QED) is 0.775. The number of carbonyl (C=O) groups is 3. The first-order valence-corrected chi connectivity index (χ1v) is 7.53. The third kappa shape index (κ3) is 3.43. The predicted octanol–water partition coefficient (Wildman–Crippen LogP) is 0.889. The summed E-state index contributed by atoms with van der Waals surface area (Å²) in [6.45, 7) is 0. The Morgan fingerprint density at radius 1 is 1.29 bits per heavy atom. The molecule has 0 saturated heterocycles. The van der Waals surface area contributed by atoms with Crippen LogP contribution in [0, 0.1) is 0 Å². The summed E-state index contributed by atoms with van der Waals surface area (Å²) in [6.07, 6.45) is 2.00. The summed E-state index contributed by atoms with van der Waals surface area (Å²) in [7, 11) is 1.75. The summed E-state index contributed by atoms with van der Waals surface area (Å²) < 4.78 is 1.58. The number of hydrogen-bond donors (Lipinski definition) is 3. The van der Waals surface area contributed by atoms with Gasteiger partial charge in [0.25, 0.3) is 5.91 Å². The van der Waals surface area contributed by atoms with Crippen molar-refractivity contribution in [3.05, 3.63) is 42.1 Å². The summed E-state index contributed by atoms with van der Waals surface area (Å²) in [5.41, 5.74) is 0.881. The number of hydrogen-bond acceptors (Lipinski definition) is 4. The third-order valence-corrected chi connectivity index (χ3v) is 3.69. The Bertz CT molecular complexity index is 799. The molecule has 1 aromatic carbocycles. The van der Waals surface area contributed by atoms with Gasteiger partial charge in [0.15, 0.2) is 5.82 Å². The largest absolute Gasteiger partial charge is 0.340 e. The standard InChI is InChI=1S/C16H17N5O3/c1-21-9-8-13(20-21)19-14(22)7-6-12-16(24)17-11-5-3-2-4-10(11)15(23)18-12/h2-5,8-9,12H,6-7H2,1H3,(H,17,24)(H,18,23)(H,19,20,22)/t12-/m1/s1. The van der Waals surface area contributed by atoms with Crippen LogP contribution in [0.1, 0.15) is 23.2 Å². The van der Waals surface area contributed by atoms with Gasteiger partial charge in [-0.25, -0.2) is 0 Å². The van der Waals surface area contributed by atoms with Crippen molar-refractivity contribution in [1.29, 1.82) is 0 Å². The lowest BCUT2D eigenvalue weighted by Crippen LogP contribution is -2.41. The highest BCUT2D eigenvalue weighted by Crippen LogP contribution is 2.19. The highest BCUT2D eigenvalue weighted by molar-refractivity contribution is 6.09. The molecule has 8 nitrogen and oxygen atoms in total. The number of anilines is 2. The Labute approximate surface area is 138 Å². The second-order valence-corrected chi connectivity index (χ2v) is 5.52. The molecule has 0 spiro atoms. The lowest BCUT2D eigenvalue weighted by molar-refractivity contribution is -0.118. The van der Waals surface area contributed by atoms with Crippen LogP contribution >= 0.6 is 0 Å². The van der Waals surface area contributed by atoms with Crippen LogP contribution in [0.3, 0.4) is 0 Å². The highest BCUT2D eigenvalue weighted by atomic mass is 16.2. The SMILES string of the molecule is Cn1ccc(NC(=O)CC[C@H]2NC(=O)c3ccccc3NC2=O)n1. The summed E-state index contributed by atoms with van der Waals surface area (Å²) in [6, 6.07) is 7.69. The molecule has 0 saturated carbocycles. The lowest BCUT2D eigenvalue weighted by atomic mass is 10.1. The van der Waals surface area contributed by atoms with Gasteiger partial charge in [-0.1, -0.05) is 12.1 Å². The number of para-hydroxylation sites is 1. The molecule has 124 valence electrons. The van der Waals surface area contributed by atoms with Gasteiger partial charge in [-0.05, 0) is 18.6 Å². The Kier molecular flexibility index (Phi) is 4.28. The molecule has 0 unspecified atom stereocenters. The molecule has 8 heteroatoms. The zero-order valence-electron chi connectivity index (χ0n) is 13.1. The molecule has 0 fully saturated rings. The second kappa shape index (κ2) is 6.53. The minimum Gasteiger partial charge on any atom is -0.340 e. The maximum Gasteiger partial charge on any atom is 0.254 e.